The molecule has 1 aromatic carbocycles. The Labute approximate surface area is 152 Å². The normalized spacial score (nSPS) is 16.2. The van der Waals surface area contributed by atoms with Crippen LogP contribution in [0.5, 0.6) is 11.5 Å². The van der Waals surface area contributed by atoms with Crippen molar-refractivity contribution in [3.8, 4) is 11.5 Å². The van der Waals surface area contributed by atoms with E-state index in [1.807, 2.05) is 18.2 Å². The number of aromatic nitrogens is 1. The highest BCUT2D eigenvalue weighted by Crippen LogP contribution is 2.23. The summed E-state index contributed by atoms with van der Waals surface area (Å²) in [4.78, 5) is 16.1. The minimum Gasteiger partial charge on any atom is -0.457 e. The number of pyridine rings is 1. The molecule has 1 aliphatic rings. The van der Waals surface area contributed by atoms with Crippen LogP contribution in [0.25, 0.3) is 0 Å². The molecule has 0 bridgehead atoms. The zero-order valence-corrected chi connectivity index (χ0v) is 14.4. The van der Waals surface area contributed by atoms with Gasteiger partial charge in [0.15, 0.2) is 0 Å². The maximum absolute atomic E-state index is 12.1. The number of carbonyl (C=O) groups is 1. The molecule has 0 spiro atoms. The summed E-state index contributed by atoms with van der Waals surface area (Å²) < 4.78 is 11.0. The van der Waals surface area contributed by atoms with Gasteiger partial charge in [0.25, 0.3) is 0 Å². The third kappa shape index (κ3) is 5.65. The average Bonchev–Trinajstić information content (AvgIpc) is 2.57. The number of benzene rings is 1. The number of nitrogens with one attached hydrogen (secondary N) is 2. The third-order valence-corrected chi connectivity index (χ3v) is 3.23. The van der Waals surface area contributed by atoms with Crippen LogP contribution in [0.4, 0.5) is 5.69 Å². The van der Waals surface area contributed by atoms with Crippen LogP contribution in [0.2, 0.25) is 0 Å². The molecule has 0 aliphatic carbocycles. The maximum atomic E-state index is 12.1. The van der Waals surface area contributed by atoms with E-state index >= 15 is 0 Å². The molecular formula is C16H19Cl2N3O3. The lowest BCUT2D eigenvalue weighted by atomic mass is 10.2. The number of anilines is 1. The van der Waals surface area contributed by atoms with Gasteiger partial charge in [0.1, 0.15) is 17.5 Å². The minimum atomic E-state index is -0.321. The van der Waals surface area contributed by atoms with Gasteiger partial charge in [-0.3, -0.25) is 9.78 Å². The lowest BCUT2D eigenvalue weighted by Crippen LogP contribution is -2.48. The lowest BCUT2D eigenvalue weighted by molar-refractivity contribution is -0.120. The van der Waals surface area contributed by atoms with Crippen LogP contribution in [0.15, 0.2) is 48.8 Å². The smallest absolute Gasteiger partial charge is 0.243 e. The van der Waals surface area contributed by atoms with Crippen molar-refractivity contribution in [2.24, 2.45) is 0 Å². The summed E-state index contributed by atoms with van der Waals surface area (Å²) in [6, 6.07) is 10.5. The number of hydrogen-bond donors (Lipinski definition) is 2. The minimum absolute atomic E-state index is 0. The molecule has 1 fully saturated rings. The van der Waals surface area contributed by atoms with Crippen molar-refractivity contribution < 1.29 is 14.3 Å². The van der Waals surface area contributed by atoms with Crippen LogP contribution in [0.3, 0.4) is 0 Å². The van der Waals surface area contributed by atoms with E-state index in [4.69, 9.17) is 9.47 Å². The maximum Gasteiger partial charge on any atom is 0.243 e. The standard InChI is InChI=1S/C16H17N3O3.2ClH/c20-16(15-11-21-9-8-18-15)19-12-2-1-3-14(10-12)22-13-4-6-17-7-5-13;;/h1-7,10,15,18H,8-9,11H2,(H,19,20);2*1H. The van der Waals surface area contributed by atoms with Crippen LogP contribution >= 0.6 is 24.8 Å². The number of ether oxygens (including phenoxy) is 2. The Morgan fingerprint density at radius 1 is 1.21 bits per heavy atom. The molecule has 0 saturated carbocycles. The molecule has 1 aliphatic heterocycles. The largest absolute Gasteiger partial charge is 0.457 e. The molecular weight excluding hydrogens is 353 g/mol. The first kappa shape index (κ1) is 20.2. The van der Waals surface area contributed by atoms with Gasteiger partial charge in [-0.15, -0.1) is 24.8 Å². The van der Waals surface area contributed by atoms with Crippen molar-refractivity contribution in [2.45, 2.75) is 6.04 Å². The van der Waals surface area contributed by atoms with Crippen LogP contribution in [0.1, 0.15) is 0 Å². The summed E-state index contributed by atoms with van der Waals surface area (Å²) in [5.41, 5.74) is 0.684. The van der Waals surface area contributed by atoms with Gasteiger partial charge in [-0.1, -0.05) is 6.07 Å². The van der Waals surface area contributed by atoms with Crippen molar-refractivity contribution in [2.75, 3.05) is 25.1 Å². The van der Waals surface area contributed by atoms with E-state index in [1.165, 1.54) is 0 Å². The summed E-state index contributed by atoms with van der Waals surface area (Å²) in [5.74, 6) is 1.23. The molecule has 1 unspecified atom stereocenters. The summed E-state index contributed by atoms with van der Waals surface area (Å²) in [5, 5.41) is 5.98. The van der Waals surface area contributed by atoms with Gasteiger partial charge in [0, 0.05) is 30.7 Å². The second-order valence-electron chi connectivity index (χ2n) is 4.88. The molecule has 0 radical (unpaired) electrons. The van der Waals surface area contributed by atoms with E-state index in [2.05, 4.69) is 15.6 Å². The summed E-state index contributed by atoms with van der Waals surface area (Å²) in [6.07, 6.45) is 3.32. The number of rotatable bonds is 4. The molecule has 2 heterocycles. The molecule has 8 heteroatoms. The highest BCUT2D eigenvalue weighted by molar-refractivity contribution is 5.95. The zero-order chi connectivity index (χ0) is 15.2. The predicted octanol–water partition coefficient (Wildman–Crippen LogP) is 2.64. The Bertz CT molecular complexity index is 637. The van der Waals surface area contributed by atoms with E-state index in [1.54, 1.807) is 30.6 Å². The third-order valence-electron chi connectivity index (χ3n) is 3.23. The van der Waals surface area contributed by atoms with Gasteiger partial charge >= 0.3 is 0 Å². The number of hydrogen-bond acceptors (Lipinski definition) is 5. The topological polar surface area (TPSA) is 72.5 Å². The Morgan fingerprint density at radius 2 is 2.00 bits per heavy atom. The molecule has 6 nitrogen and oxygen atoms in total. The number of nitrogens with zero attached hydrogens (tertiary/aromatic N) is 1. The van der Waals surface area contributed by atoms with E-state index in [0.29, 0.717) is 36.9 Å². The molecule has 1 aromatic heterocycles. The van der Waals surface area contributed by atoms with Crippen molar-refractivity contribution in [3.63, 3.8) is 0 Å². The monoisotopic (exact) mass is 371 g/mol. The Balaban J connectivity index is 0.00000144. The lowest BCUT2D eigenvalue weighted by Gasteiger charge is -2.22. The molecule has 130 valence electrons. The highest BCUT2D eigenvalue weighted by Gasteiger charge is 2.21. The fourth-order valence-electron chi connectivity index (χ4n) is 2.14. The number of amides is 1. The molecule has 24 heavy (non-hydrogen) atoms. The molecule has 2 N–H and O–H groups in total. The highest BCUT2D eigenvalue weighted by atomic mass is 35.5. The summed E-state index contributed by atoms with van der Waals surface area (Å²) in [7, 11) is 0. The van der Waals surface area contributed by atoms with Gasteiger partial charge in [0.2, 0.25) is 5.91 Å². The Hall–Kier alpha value is -1.86. The molecule has 1 atom stereocenters. The van der Waals surface area contributed by atoms with Gasteiger partial charge < -0.3 is 20.1 Å². The second-order valence-corrected chi connectivity index (χ2v) is 4.88. The number of morpholine rings is 1. The van der Waals surface area contributed by atoms with Gasteiger partial charge in [-0.05, 0) is 24.3 Å². The fourth-order valence-corrected chi connectivity index (χ4v) is 2.14. The van der Waals surface area contributed by atoms with Crippen LogP contribution in [-0.4, -0.2) is 36.7 Å². The van der Waals surface area contributed by atoms with Crippen molar-refractivity contribution >= 4 is 36.4 Å². The van der Waals surface area contributed by atoms with E-state index in [-0.39, 0.29) is 36.8 Å². The van der Waals surface area contributed by atoms with E-state index < -0.39 is 0 Å². The number of carbonyl (C=O) groups excluding carboxylic acids is 1. The first-order valence-corrected chi connectivity index (χ1v) is 7.11. The second kappa shape index (κ2) is 10.1. The zero-order valence-electron chi connectivity index (χ0n) is 12.8. The van der Waals surface area contributed by atoms with Gasteiger partial charge in [0.05, 0.1) is 13.2 Å². The van der Waals surface area contributed by atoms with Crippen LogP contribution < -0.4 is 15.4 Å². The summed E-state index contributed by atoms with van der Waals surface area (Å²) >= 11 is 0. The van der Waals surface area contributed by atoms with Crippen molar-refractivity contribution in [1.29, 1.82) is 0 Å². The first-order chi connectivity index (χ1) is 10.8. The van der Waals surface area contributed by atoms with Crippen LogP contribution in [-0.2, 0) is 9.53 Å². The molecule has 1 saturated heterocycles. The molecule has 1 amide bonds. The molecule has 3 rings (SSSR count). The van der Waals surface area contributed by atoms with Crippen LogP contribution in [0, 0.1) is 0 Å². The van der Waals surface area contributed by atoms with E-state index in [9.17, 15) is 4.79 Å². The summed E-state index contributed by atoms with van der Waals surface area (Å²) in [6.45, 7) is 1.71. The van der Waals surface area contributed by atoms with Gasteiger partial charge in [-0.25, -0.2) is 0 Å². The van der Waals surface area contributed by atoms with Crippen molar-refractivity contribution in [1.82, 2.24) is 10.3 Å². The van der Waals surface area contributed by atoms with E-state index in [0.717, 1.165) is 0 Å². The number of halogens is 2. The SMILES string of the molecule is Cl.Cl.O=C(Nc1cccc(Oc2ccncc2)c1)C1COCCN1. The Kier molecular flexibility index (Phi) is 8.49. The first-order valence-electron chi connectivity index (χ1n) is 7.11. The van der Waals surface area contributed by atoms with Gasteiger partial charge in [-0.2, -0.15) is 0 Å². The molecule has 2 aromatic rings. The predicted molar refractivity (Wildman–Crippen MR) is 96.5 cm³/mol. The van der Waals surface area contributed by atoms with Crippen molar-refractivity contribution in [3.05, 3.63) is 48.8 Å². The Morgan fingerprint density at radius 3 is 2.71 bits per heavy atom. The average molecular weight is 372 g/mol. The fraction of sp³-hybridized carbons (Fsp3) is 0.250. The quantitative estimate of drug-likeness (QED) is 0.864.